The van der Waals surface area contributed by atoms with Gasteiger partial charge in [0.1, 0.15) is 23.3 Å². The number of thiazole rings is 1. The van der Waals surface area contributed by atoms with Gasteiger partial charge in [-0.05, 0) is 30.2 Å². The Morgan fingerprint density at radius 2 is 1.50 bits per heavy atom. The van der Waals surface area contributed by atoms with E-state index < -0.39 is 17.8 Å². The number of ether oxygens (including phenoxy) is 1. The highest BCUT2D eigenvalue weighted by atomic mass is 32.1. The highest BCUT2D eigenvalue weighted by Gasteiger charge is 2.21. The zero-order valence-corrected chi connectivity index (χ0v) is 20.1. The number of carbonyl (C=O) groups excluding carboxylic acids is 3. The van der Waals surface area contributed by atoms with Gasteiger partial charge in [0.25, 0.3) is 11.8 Å². The third kappa shape index (κ3) is 6.60. The van der Waals surface area contributed by atoms with Crippen molar-refractivity contribution in [3.8, 4) is 12.1 Å². The monoisotopic (exact) mass is 496 g/mol. The minimum atomic E-state index is -0.863. The number of rotatable bonds is 7. The van der Waals surface area contributed by atoms with E-state index in [0.29, 0.717) is 11.1 Å². The molecule has 0 unspecified atom stereocenters. The fraction of sp³-hybridized carbons (Fsp3) is 0.111. The number of allylic oxidation sites excluding steroid dienone is 1. The maximum atomic E-state index is 13.4. The molecule has 0 fully saturated rings. The quantitative estimate of drug-likeness (QED) is 0.277. The number of esters is 1. The van der Waals surface area contributed by atoms with Crippen molar-refractivity contribution in [1.29, 1.82) is 10.5 Å². The molecule has 0 aliphatic rings. The number of benzene rings is 2. The maximum absolute atomic E-state index is 13.4. The van der Waals surface area contributed by atoms with Crippen LogP contribution in [0.1, 0.15) is 28.5 Å². The van der Waals surface area contributed by atoms with Gasteiger partial charge in [0, 0.05) is 11.1 Å². The summed E-state index contributed by atoms with van der Waals surface area (Å²) in [6.07, 6.45) is 2.53. The number of amides is 1. The molecule has 9 heteroatoms. The lowest BCUT2D eigenvalue weighted by atomic mass is 10.1. The molecule has 1 aromatic heterocycles. The average molecular weight is 497 g/mol. The predicted molar refractivity (Wildman–Crippen MR) is 134 cm³/mol. The predicted octanol–water partition coefficient (Wildman–Crippen LogP) is 3.94. The summed E-state index contributed by atoms with van der Waals surface area (Å²) < 4.78 is 6.02. The molecule has 1 amide bonds. The molecule has 178 valence electrons. The second-order valence-corrected chi connectivity index (χ2v) is 8.05. The van der Waals surface area contributed by atoms with E-state index in [1.165, 1.54) is 17.5 Å². The van der Waals surface area contributed by atoms with Gasteiger partial charge in [-0.15, -0.1) is 11.3 Å². The standard InChI is InChI=1S/C27H20N4O4S/c1-2-35-24(32)15-23-18-36-27(30-25(33)21(16-28)13-19-9-5-3-6-10-19)31(23)26(34)22(17-29)14-20-11-7-4-8-12-20/h3-14,18H,2,15H2,1H3/b21-13+,22-14+,30-27?. The van der Waals surface area contributed by atoms with E-state index in [4.69, 9.17) is 4.74 Å². The highest BCUT2D eigenvalue weighted by molar-refractivity contribution is 7.07. The number of nitriles is 2. The minimum Gasteiger partial charge on any atom is -0.466 e. The fourth-order valence-corrected chi connectivity index (χ4v) is 3.98. The van der Waals surface area contributed by atoms with Crippen LogP contribution in [0.5, 0.6) is 0 Å². The first kappa shape index (κ1) is 25.8. The second kappa shape index (κ2) is 12.6. The van der Waals surface area contributed by atoms with Gasteiger partial charge >= 0.3 is 5.97 Å². The van der Waals surface area contributed by atoms with Gasteiger partial charge in [-0.3, -0.25) is 19.0 Å². The van der Waals surface area contributed by atoms with Gasteiger partial charge in [0.05, 0.1) is 13.0 Å². The summed E-state index contributed by atoms with van der Waals surface area (Å²) in [6, 6.07) is 21.3. The Balaban J connectivity index is 2.10. The summed E-state index contributed by atoms with van der Waals surface area (Å²) in [5, 5.41) is 20.7. The molecule has 0 saturated carbocycles. The van der Waals surface area contributed by atoms with Gasteiger partial charge in [-0.25, -0.2) is 0 Å². The van der Waals surface area contributed by atoms with Crippen LogP contribution >= 0.6 is 11.3 Å². The number of hydrogen-bond donors (Lipinski definition) is 0. The van der Waals surface area contributed by atoms with E-state index in [9.17, 15) is 24.9 Å². The summed E-state index contributed by atoms with van der Waals surface area (Å²) in [6.45, 7) is 1.81. The van der Waals surface area contributed by atoms with Crippen molar-refractivity contribution < 1.29 is 19.1 Å². The van der Waals surface area contributed by atoms with Gasteiger partial charge in [0.15, 0.2) is 4.80 Å². The van der Waals surface area contributed by atoms with Gasteiger partial charge in [-0.2, -0.15) is 15.5 Å². The molecule has 0 aliphatic carbocycles. The normalized spacial score (nSPS) is 11.9. The zero-order chi connectivity index (χ0) is 25.9. The number of aromatic nitrogens is 1. The molecule has 0 saturated heterocycles. The smallest absolute Gasteiger partial charge is 0.311 e. The SMILES string of the molecule is CCOC(=O)Cc1csc(=NC(=O)/C(C#N)=C/c2ccccc2)n1C(=O)/C(C#N)=C/c1ccccc1. The lowest BCUT2D eigenvalue weighted by Crippen LogP contribution is -2.28. The Morgan fingerprint density at radius 3 is 2.03 bits per heavy atom. The fourth-order valence-electron chi connectivity index (χ4n) is 3.11. The van der Waals surface area contributed by atoms with Crippen LogP contribution < -0.4 is 4.80 Å². The van der Waals surface area contributed by atoms with Crippen LogP contribution in [0.15, 0.2) is 82.2 Å². The number of nitrogens with zero attached hydrogens (tertiary/aromatic N) is 4. The molecule has 0 spiro atoms. The maximum Gasteiger partial charge on any atom is 0.311 e. The van der Waals surface area contributed by atoms with E-state index >= 15 is 0 Å². The van der Waals surface area contributed by atoms with E-state index in [1.54, 1.807) is 67.6 Å². The summed E-state index contributed by atoms with van der Waals surface area (Å²) >= 11 is 0.935. The van der Waals surface area contributed by atoms with Crippen molar-refractivity contribution in [2.45, 2.75) is 13.3 Å². The van der Waals surface area contributed by atoms with Crippen LogP contribution in [0.25, 0.3) is 12.2 Å². The van der Waals surface area contributed by atoms with Crippen LogP contribution in [-0.4, -0.2) is 29.0 Å². The van der Waals surface area contributed by atoms with Gasteiger partial charge < -0.3 is 4.74 Å². The third-order valence-corrected chi connectivity index (χ3v) is 5.61. The van der Waals surface area contributed by atoms with Crippen LogP contribution in [0.4, 0.5) is 0 Å². The van der Waals surface area contributed by atoms with Crippen LogP contribution in [-0.2, 0) is 20.7 Å². The molecule has 3 aromatic rings. The molecule has 0 bridgehead atoms. The minimum absolute atomic E-state index is 0.0762. The average Bonchev–Trinajstić information content (AvgIpc) is 3.28. The first-order valence-electron chi connectivity index (χ1n) is 10.8. The van der Waals surface area contributed by atoms with Gasteiger partial charge in [-0.1, -0.05) is 60.7 Å². The first-order valence-corrected chi connectivity index (χ1v) is 11.7. The Bertz CT molecular complexity index is 1480. The first-order chi connectivity index (χ1) is 17.5. The molecule has 1 heterocycles. The molecule has 0 radical (unpaired) electrons. The Hall–Kier alpha value is -4.86. The second-order valence-electron chi connectivity index (χ2n) is 7.21. The van der Waals surface area contributed by atoms with E-state index in [0.717, 1.165) is 15.9 Å². The highest BCUT2D eigenvalue weighted by Crippen LogP contribution is 2.13. The summed E-state index contributed by atoms with van der Waals surface area (Å²) in [5.41, 5.74) is 1.00. The van der Waals surface area contributed by atoms with E-state index in [2.05, 4.69) is 4.99 Å². The van der Waals surface area contributed by atoms with Crippen LogP contribution in [0.2, 0.25) is 0 Å². The number of carbonyl (C=O) groups is 3. The van der Waals surface area contributed by atoms with Crippen molar-refractivity contribution in [2.75, 3.05) is 6.61 Å². The van der Waals surface area contributed by atoms with E-state index in [-0.39, 0.29) is 34.7 Å². The largest absolute Gasteiger partial charge is 0.466 e. The van der Waals surface area contributed by atoms with Crippen molar-refractivity contribution in [3.05, 3.63) is 98.8 Å². The molecular weight excluding hydrogens is 476 g/mol. The Labute approximate surface area is 211 Å². The zero-order valence-electron chi connectivity index (χ0n) is 19.2. The third-order valence-electron chi connectivity index (χ3n) is 4.73. The molecule has 3 rings (SSSR count). The Kier molecular flexibility index (Phi) is 8.99. The molecular formula is C27H20N4O4S. The summed E-state index contributed by atoms with van der Waals surface area (Å²) in [7, 11) is 0. The van der Waals surface area contributed by atoms with Gasteiger partial charge in [0.2, 0.25) is 0 Å². The van der Waals surface area contributed by atoms with E-state index in [1.807, 2.05) is 12.1 Å². The number of hydrogen-bond acceptors (Lipinski definition) is 7. The lowest BCUT2D eigenvalue weighted by Gasteiger charge is -2.07. The molecule has 36 heavy (non-hydrogen) atoms. The van der Waals surface area contributed by atoms with Crippen molar-refractivity contribution >= 4 is 41.3 Å². The molecule has 8 nitrogen and oxygen atoms in total. The lowest BCUT2D eigenvalue weighted by molar-refractivity contribution is -0.142. The van der Waals surface area contributed by atoms with Crippen LogP contribution in [0.3, 0.4) is 0 Å². The van der Waals surface area contributed by atoms with Crippen molar-refractivity contribution in [1.82, 2.24) is 4.57 Å². The molecule has 2 aromatic carbocycles. The Morgan fingerprint density at radius 1 is 0.944 bits per heavy atom. The molecule has 0 N–H and O–H groups in total. The van der Waals surface area contributed by atoms with Crippen molar-refractivity contribution in [2.24, 2.45) is 4.99 Å². The summed E-state index contributed by atoms with van der Waals surface area (Å²) in [5.74, 6) is -2.21. The molecule has 0 atom stereocenters. The summed E-state index contributed by atoms with van der Waals surface area (Å²) in [4.78, 5) is 42.3. The topological polar surface area (TPSA) is 125 Å². The molecule has 0 aliphatic heterocycles. The van der Waals surface area contributed by atoms with Crippen molar-refractivity contribution in [3.63, 3.8) is 0 Å². The van der Waals surface area contributed by atoms with Crippen LogP contribution in [0, 0.1) is 22.7 Å².